The number of sulfonamides is 1. The van der Waals surface area contributed by atoms with Crippen LogP contribution in [0, 0.1) is 0 Å². The normalized spacial score (nSPS) is 25.5. The lowest BCUT2D eigenvalue weighted by Crippen LogP contribution is -2.49. The van der Waals surface area contributed by atoms with E-state index in [-0.39, 0.29) is 0 Å². The van der Waals surface area contributed by atoms with Gasteiger partial charge in [-0.15, -0.1) is 0 Å². The van der Waals surface area contributed by atoms with Crippen LogP contribution in [0.25, 0.3) is 0 Å². The molecule has 0 bridgehead atoms. The van der Waals surface area contributed by atoms with Crippen molar-refractivity contribution in [2.45, 2.75) is 30.2 Å². The number of halogens is 1. The largest absolute Gasteiger partial charge is 0.329 e. The van der Waals surface area contributed by atoms with Crippen LogP contribution in [-0.4, -0.2) is 31.4 Å². The SMILES string of the molecule is CC1(CN)CCCN1S(=O)(=O)c1ccccc1Br. The highest BCUT2D eigenvalue weighted by atomic mass is 79.9. The Bertz CT molecular complexity index is 547. The summed E-state index contributed by atoms with van der Waals surface area (Å²) in [5.74, 6) is 0. The first-order valence-corrected chi connectivity index (χ1v) is 8.12. The Kier molecular flexibility index (Phi) is 3.82. The monoisotopic (exact) mass is 332 g/mol. The average molecular weight is 333 g/mol. The molecule has 0 amide bonds. The first-order chi connectivity index (χ1) is 8.42. The fourth-order valence-electron chi connectivity index (χ4n) is 2.38. The van der Waals surface area contributed by atoms with E-state index in [0.29, 0.717) is 22.5 Å². The van der Waals surface area contributed by atoms with Crippen LogP contribution >= 0.6 is 15.9 Å². The topological polar surface area (TPSA) is 63.4 Å². The summed E-state index contributed by atoms with van der Waals surface area (Å²) in [4.78, 5) is 0.312. The van der Waals surface area contributed by atoms with Gasteiger partial charge in [0.05, 0.1) is 4.90 Å². The molecule has 1 saturated heterocycles. The van der Waals surface area contributed by atoms with Crippen molar-refractivity contribution in [3.63, 3.8) is 0 Å². The number of hydrogen-bond donors (Lipinski definition) is 1. The summed E-state index contributed by atoms with van der Waals surface area (Å²) in [5, 5.41) is 0. The molecule has 1 atom stereocenters. The van der Waals surface area contributed by atoms with Gasteiger partial charge in [-0.25, -0.2) is 8.42 Å². The quantitative estimate of drug-likeness (QED) is 0.920. The summed E-state index contributed by atoms with van der Waals surface area (Å²) < 4.78 is 27.5. The second-order valence-corrected chi connectivity index (χ2v) is 7.50. The second kappa shape index (κ2) is 4.92. The molecule has 0 radical (unpaired) electrons. The number of rotatable bonds is 3. The third kappa shape index (κ3) is 2.22. The molecule has 6 heteroatoms. The summed E-state index contributed by atoms with van der Waals surface area (Å²) in [6.07, 6.45) is 1.67. The van der Waals surface area contributed by atoms with E-state index in [2.05, 4.69) is 15.9 Å². The Hall–Kier alpha value is -0.430. The van der Waals surface area contributed by atoms with E-state index in [1.807, 2.05) is 6.92 Å². The van der Waals surface area contributed by atoms with Crippen molar-refractivity contribution in [3.8, 4) is 0 Å². The summed E-state index contributed by atoms with van der Waals surface area (Å²) >= 11 is 3.30. The fraction of sp³-hybridized carbons (Fsp3) is 0.500. The molecule has 1 heterocycles. The van der Waals surface area contributed by atoms with Gasteiger partial charge in [0.1, 0.15) is 0 Å². The highest BCUT2D eigenvalue weighted by molar-refractivity contribution is 9.10. The van der Waals surface area contributed by atoms with E-state index in [1.54, 1.807) is 28.6 Å². The van der Waals surface area contributed by atoms with E-state index in [9.17, 15) is 8.42 Å². The van der Waals surface area contributed by atoms with Crippen LogP contribution in [0.4, 0.5) is 0 Å². The van der Waals surface area contributed by atoms with E-state index >= 15 is 0 Å². The van der Waals surface area contributed by atoms with Gasteiger partial charge in [-0.05, 0) is 47.8 Å². The number of hydrogen-bond acceptors (Lipinski definition) is 3. The maximum absolute atomic E-state index is 12.7. The average Bonchev–Trinajstić information content (AvgIpc) is 2.73. The summed E-state index contributed by atoms with van der Waals surface area (Å²) in [5.41, 5.74) is 5.29. The van der Waals surface area contributed by atoms with Crippen LogP contribution in [0.1, 0.15) is 19.8 Å². The van der Waals surface area contributed by atoms with Crippen LogP contribution in [0.3, 0.4) is 0 Å². The van der Waals surface area contributed by atoms with Crippen LogP contribution in [-0.2, 0) is 10.0 Å². The zero-order valence-corrected chi connectivity index (χ0v) is 12.7. The molecular formula is C12H17BrN2O2S. The number of nitrogens with zero attached hydrogens (tertiary/aromatic N) is 1. The Morgan fingerprint density at radius 1 is 1.44 bits per heavy atom. The van der Waals surface area contributed by atoms with Crippen molar-refractivity contribution in [3.05, 3.63) is 28.7 Å². The van der Waals surface area contributed by atoms with E-state index < -0.39 is 15.6 Å². The molecule has 4 nitrogen and oxygen atoms in total. The minimum Gasteiger partial charge on any atom is -0.329 e. The van der Waals surface area contributed by atoms with Crippen molar-refractivity contribution in [1.29, 1.82) is 0 Å². The summed E-state index contributed by atoms with van der Waals surface area (Å²) in [6.45, 7) is 2.79. The lowest BCUT2D eigenvalue weighted by Gasteiger charge is -2.33. The van der Waals surface area contributed by atoms with Gasteiger partial charge in [-0.1, -0.05) is 12.1 Å². The molecule has 1 aliphatic heterocycles. The summed E-state index contributed by atoms with van der Waals surface area (Å²) in [7, 11) is -3.48. The fourth-order valence-corrected chi connectivity index (χ4v) is 5.20. The van der Waals surface area contributed by atoms with Crippen LogP contribution in [0.15, 0.2) is 33.6 Å². The molecular weight excluding hydrogens is 316 g/mol. The Morgan fingerprint density at radius 2 is 2.11 bits per heavy atom. The lowest BCUT2D eigenvalue weighted by atomic mass is 10.0. The van der Waals surface area contributed by atoms with Gasteiger partial charge < -0.3 is 5.73 Å². The predicted molar refractivity (Wildman–Crippen MR) is 74.7 cm³/mol. The van der Waals surface area contributed by atoms with Gasteiger partial charge in [-0.2, -0.15) is 4.31 Å². The molecule has 2 N–H and O–H groups in total. The van der Waals surface area contributed by atoms with E-state index in [1.165, 1.54) is 0 Å². The van der Waals surface area contributed by atoms with E-state index in [4.69, 9.17) is 5.73 Å². The molecule has 0 saturated carbocycles. The van der Waals surface area contributed by atoms with Gasteiger partial charge in [0.15, 0.2) is 0 Å². The summed E-state index contributed by atoms with van der Waals surface area (Å²) in [6, 6.07) is 6.89. The first-order valence-electron chi connectivity index (χ1n) is 5.89. The molecule has 1 aromatic rings. The Labute approximate surface area is 116 Å². The molecule has 1 fully saturated rings. The molecule has 1 aromatic carbocycles. The zero-order chi connectivity index (χ0) is 13.4. The molecule has 0 aromatic heterocycles. The van der Waals surface area contributed by atoms with Crippen LogP contribution in [0.5, 0.6) is 0 Å². The Balaban J connectivity index is 2.47. The first kappa shape index (κ1) is 14.0. The molecule has 1 aliphatic rings. The van der Waals surface area contributed by atoms with Gasteiger partial charge in [-0.3, -0.25) is 0 Å². The van der Waals surface area contributed by atoms with Crippen LogP contribution < -0.4 is 5.73 Å². The van der Waals surface area contributed by atoms with Crippen molar-refractivity contribution in [2.24, 2.45) is 5.73 Å². The second-order valence-electron chi connectivity index (χ2n) is 4.81. The minimum absolute atomic E-state index is 0.312. The lowest BCUT2D eigenvalue weighted by molar-refractivity contribution is 0.273. The third-order valence-electron chi connectivity index (χ3n) is 3.52. The smallest absolute Gasteiger partial charge is 0.244 e. The van der Waals surface area contributed by atoms with Gasteiger partial charge in [0.2, 0.25) is 10.0 Å². The van der Waals surface area contributed by atoms with Gasteiger partial charge >= 0.3 is 0 Å². The molecule has 18 heavy (non-hydrogen) atoms. The highest BCUT2D eigenvalue weighted by Crippen LogP contribution is 2.35. The molecule has 0 aliphatic carbocycles. The van der Waals surface area contributed by atoms with Gasteiger partial charge in [0.25, 0.3) is 0 Å². The van der Waals surface area contributed by atoms with Crippen molar-refractivity contribution < 1.29 is 8.42 Å². The standard InChI is InChI=1S/C12H17BrN2O2S/c1-12(9-14)7-4-8-15(12)18(16,17)11-6-3-2-5-10(11)13/h2-3,5-6H,4,7-9,14H2,1H3. The highest BCUT2D eigenvalue weighted by Gasteiger charge is 2.43. The van der Waals surface area contributed by atoms with Crippen molar-refractivity contribution >= 4 is 26.0 Å². The zero-order valence-electron chi connectivity index (χ0n) is 10.3. The Morgan fingerprint density at radius 3 is 2.72 bits per heavy atom. The number of benzene rings is 1. The molecule has 100 valence electrons. The predicted octanol–water partition coefficient (Wildman–Crippen LogP) is 1.95. The van der Waals surface area contributed by atoms with Crippen molar-refractivity contribution in [1.82, 2.24) is 4.31 Å². The van der Waals surface area contributed by atoms with Gasteiger partial charge in [0, 0.05) is 23.1 Å². The third-order valence-corrected chi connectivity index (χ3v) is 6.59. The molecule has 1 unspecified atom stereocenters. The maximum atomic E-state index is 12.7. The van der Waals surface area contributed by atoms with Crippen molar-refractivity contribution in [2.75, 3.05) is 13.1 Å². The molecule has 0 spiro atoms. The molecule has 2 rings (SSSR count). The number of nitrogens with two attached hydrogens (primary N) is 1. The maximum Gasteiger partial charge on any atom is 0.244 e. The minimum atomic E-state index is -3.48. The van der Waals surface area contributed by atoms with Crippen LogP contribution in [0.2, 0.25) is 0 Å². The van der Waals surface area contributed by atoms with E-state index in [0.717, 1.165) is 12.8 Å².